The lowest BCUT2D eigenvalue weighted by Crippen LogP contribution is -2.35. The van der Waals surface area contributed by atoms with Gasteiger partial charge in [0.25, 0.3) is 10.1 Å². The Balaban J connectivity index is 0.000000471. The van der Waals surface area contributed by atoms with E-state index in [4.69, 9.17) is 19.8 Å². The smallest absolute Gasteiger partial charge is 0.261 e. The van der Waals surface area contributed by atoms with Gasteiger partial charge in [-0.25, -0.2) is 0 Å². The van der Waals surface area contributed by atoms with Crippen LogP contribution in [0.1, 0.15) is 29.5 Å². The second-order valence-electron chi connectivity index (χ2n) is 8.83. The molecule has 0 bridgehead atoms. The lowest BCUT2D eigenvalue weighted by atomic mass is 9.84. The van der Waals surface area contributed by atoms with Crippen LogP contribution >= 0.6 is 0 Å². The highest BCUT2D eigenvalue weighted by Crippen LogP contribution is 2.43. The van der Waals surface area contributed by atoms with Gasteiger partial charge in [0.05, 0.1) is 20.5 Å². The van der Waals surface area contributed by atoms with Gasteiger partial charge in [0.1, 0.15) is 0 Å². The van der Waals surface area contributed by atoms with Gasteiger partial charge in [-0.2, -0.15) is 8.42 Å². The summed E-state index contributed by atoms with van der Waals surface area (Å²) in [6.45, 7) is 2.92. The van der Waals surface area contributed by atoms with E-state index in [1.807, 2.05) is 0 Å². The molecule has 33 heavy (non-hydrogen) atoms. The molecule has 0 saturated carbocycles. The fourth-order valence-corrected chi connectivity index (χ4v) is 5.26. The normalized spacial score (nSPS) is 17.9. The molecular formula is C25H32N2O5S. The van der Waals surface area contributed by atoms with Crippen LogP contribution in [0.25, 0.3) is 21.5 Å². The van der Waals surface area contributed by atoms with Crippen LogP contribution < -0.4 is 15.2 Å². The van der Waals surface area contributed by atoms with Crippen molar-refractivity contribution in [2.75, 3.05) is 33.6 Å². The average molecular weight is 473 g/mol. The van der Waals surface area contributed by atoms with Crippen molar-refractivity contribution < 1.29 is 22.4 Å². The molecule has 1 fully saturated rings. The minimum absolute atomic E-state index is 0.669. The lowest BCUT2D eigenvalue weighted by molar-refractivity contribution is 0.229. The molecule has 0 radical (unpaired) electrons. The van der Waals surface area contributed by atoms with Crippen molar-refractivity contribution in [3.8, 4) is 11.5 Å². The van der Waals surface area contributed by atoms with Crippen molar-refractivity contribution in [3.63, 3.8) is 0 Å². The minimum atomic E-state index is -3.67. The Labute approximate surface area is 195 Å². The molecule has 8 heteroatoms. The Morgan fingerprint density at radius 1 is 1.03 bits per heavy atom. The van der Waals surface area contributed by atoms with Gasteiger partial charge < -0.3 is 15.2 Å². The summed E-state index contributed by atoms with van der Waals surface area (Å²) in [5.41, 5.74) is 10.1. The first-order valence-corrected chi connectivity index (χ1v) is 13.1. The standard InChI is InChI=1S/C24H28N2O2.CH4O3S/c1-27-23-12-20-18-10-15(7-8-25)5-6-17(18)19-11-16-4-3-9-26(16)14-22(19)21(20)13-24(23)28-2;1-5(2,3)4/h5-6,10,12-13,16H,3-4,7-9,11,14,25H2,1-2H3;1H3,(H,2,3,4)/t16-;/m0./s1. The zero-order valence-corrected chi connectivity index (χ0v) is 20.2. The molecule has 0 amide bonds. The van der Waals surface area contributed by atoms with E-state index in [1.54, 1.807) is 14.2 Å². The quantitative estimate of drug-likeness (QED) is 0.442. The molecule has 1 saturated heterocycles. The van der Waals surface area contributed by atoms with Crippen LogP contribution in [-0.4, -0.2) is 57.5 Å². The van der Waals surface area contributed by atoms with Crippen molar-refractivity contribution in [1.29, 1.82) is 0 Å². The third-order valence-corrected chi connectivity index (χ3v) is 6.65. The fourth-order valence-electron chi connectivity index (χ4n) is 5.26. The summed E-state index contributed by atoms with van der Waals surface area (Å²) in [6, 6.07) is 11.9. The minimum Gasteiger partial charge on any atom is -0.493 e. The maximum Gasteiger partial charge on any atom is 0.261 e. The predicted molar refractivity (Wildman–Crippen MR) is 132 cm³/mol. The third-order valence-electron chi connectivity index (χ3n) is 6.65. The molecule has 1 atom stereocenters. The van der Waals surface area contributed by atoms with Crippen molar-refractivity contribution in [3.05, 3.63) is 47.0 Å². The van der Waals surface area contributed by atoms with E-state index in [2.05, 4.69) is 35.2 Å². The summed E-state index contributed by atoms with van der Waals surface area (Å²) >= 11 is 0. The molecule has 7 nitrogen and oxygen atoms in total. The Kier molecular flexibility index (Phi) is 6.81. The number of nitrogens with zero attached hydrogens (tertiary/aromatic N) is 1. The highest BCUT2D eigenvalue weighted by Gasteiger charge is 2.32. The van der Waals surface area contributed by atoms with Gasteiger partial charge in [-0.3, -0.25) is 9.45 Å². The summed E-state index contributed by atoms with van der Waals surface area (Å²) in [6.07, 6.45) is 5.39. The van der Waals surface area contributed by atoms with Crippen LogP contribution in [0.15, 0.2) is 30.3 Å². The highest BCUT2D eigenvalue weighted by atomic mass is 32.2. The van der Waals surface area contributed by atoms with Crippen LogP contribution in [0.4, 0.5) is 0 Å². The fraction of sp³-hybridized carbons (Fsp3) is 0.440. The van der Waals surface area contributed by atoms with Gasteiger partial charge >= 0.3 is 0 Å². The zero-order valence-electron chi connectivity index (χ0n) is 19.4. The summed E-state index contributed by atoms with van der Waals surface area (Å²) in [4.78, 5) is 2.66. The van der Waals surface area contributed by atoms with Crippen molar-refractivity contribution in [2.45, 2.75) is 38.3 Å². The first-order chi connectivity index (χ1) is 15.7. The van der Waals surface area contributed by atoms with Crippen LogP contribution in [0.5, 0.6) is 11.5 Å². The van der Waals surface area contributed by atoms with Gasteiger partial charge in [0, 0.05) is 12.6 Å². The first kappa shape index (κ1) is 23.8. The van der Waals surface area contributed by atoms with Gasteiger partial charge in [-0.05, 0) is 89.1 Å². The molecule has 178 valence electrons. The molecule has 3 N–H and O–H groups in total. The van der Waals surface area contributed by atoms with Gasteiger partial charge in [0.15, 0.2) is 11.5 Å². The number of hydrogen-bond acceptors (Lipinski definition) is 6. The SMILES string of the molecule is COc1cc2c3c(c4ccc(CCN)cc4c2cc1OC)C[C@@H]1CCCN1C3.CS(=O)(=O)O. The van der Waals surface area contributed by atoms with Crippen molar-refractivity contribution >= 4 is 31.7 Å². The molecule has 0 unspecified atom stereocenters. The number of benzene rings is 3. The van der Waals surface area contributed by atoms with E-state index in [0.29, 0.717) is 18.8 Å². The summed E-state index contributed by atoms with van der Waals surface area (Å²) in [5, 5.41) is 5.26. The molecule has 2 aliphatic rings. The number of rotatable bonds is 4. The van der Waals surface area contributed by atoms with E-state index < -0.39 is 10.1 Å². The average Bonchev–Trinajstić information content (AvgIpc) is 3.23. The molecule has 0 aliphatic carbocycles. The molecule has 5 rings (SSSR count). The lowest BCUT2D eigenvalue weighted by Gasteiger charge is -2.33. The van der Waals surface area contributed by atoms with E-state index in [-0.39, 0.29) is 0 Å². The Hall–Kier alpha value is -2.39. The van der Waals surface area contributed by atoms with E-state index in [9.17, 15) is 8.42 Å². The van der Waals surface area contributed by atoms with Gasteiger partial charge in [-0.15, -0.1) is 0 Å². The van der Waals surface area contributed by atoms with E-state index in [0.717, 1.165) is 30.9 Å². The second-order valence-corrected chi connectivity index (χ2v) is 10.3. The number of ether oxygens (including phenoxy) is 2. The summed E-state index contributed by atoms with van der Waals surface area (Å²) in [7, 11) is -0.244. The van der Waals surface area contributed by atoms with Gasteiger partial charge in [0.2, 0.25) is 0 Å². The third kappa shape index (κ3) is 4.94. The predicted octanol–water partition coefficient (Wildman–Crippen LogP) is 3.54. The molecule has 3 aromatic rings. The molecule has 0 aromatic heterocycles. The summed E-state index contributed by atoms with van der Waals surface area (Å²) < 4.78 is 37.1. The second kappa shape index (κ2) is 9.46. The zero-order chi connectivity index (χ0) is 23.8. The number of nitrogens with two attached hydrogens (primary N) is 1. The summed E-state index contributed by atoms with van der Waals surface area (Å²) in [5.74, 6) is 1.59. The Morgan fingerprint density at radius 2 is 1.67 bits per heavy atom. The maximum atomic E-state index is 9.19. The monoisotopic (exact) mass is 472 g/mol. The van der Waals surface area contributed by atoms with E-state index >= 15 is 0 Å². The first-order valence-electron chi connectivity index (χ1n) is 11.2. The van der Waals surface area contributed by atoms with Crippen LogP contribution in [-0.2, 0) is 29.5 Å². The highest BCUT2D eigenvalue weighted by molar-refractivity contribution is 7.85. The molecule has 2 aliphatic heterocycles. The molecule has 3 aromatic carbocycles. The van der Waals surface area contributed by atoms with Crippen LogP contribution in [0, 0.1) is 0 Å². The van der Waals surface area contributed by atoms with Gasteiger partial charge in [-0.1, -0.05) is 18.2 Å². The topological polar surface area (TPSA) is 102 Å². The van der Waals surface area contributed by atoms with E-state index in [1.165, 1.54) is 57.6 Å². The number of hydrogen-bond donors (Lipinski definition) is 2. The number of fused-ring (bicyclic) bond motifs is 7. The Morgan fingerprint density at radius 3 is 2.30 bits per heavy atom. The van der Waals surface area contributed by atoms with Crippen molar-refractivity contribution in [1.82, 2.24) is 4.90 Å². The van der Waals surface area contributed by atoms with Crippen LogP contribution in [0.2, 0.25) is 0 Å². The molecule has 2 heterocycles. The largest absolute Gasteiger partial charge is 0.493 e. The molecular weight excluding hydrogens is 440 g/mol. The van der Waals surface area contributed by atoms with Crippen LogP contribution in [0.3, 0.4) is 0 Å². The maximum absolute atomic E-state index is 9.19. The number of methoxy groups -OCH3 is 2. The van der Waals surface area contributed by atoms with Crippen molar-refractivity contribution in [2.24, 2.45) is 5.73 Å². The Bertz CT molecular complexity index is 1280. The molecule has 0 spiro atoms.